The van der Waals surface area contributed by atoms with E-state index in [1.54, 1.807) is 0 Å². The Labute approximate surface area is 179 Å². The van der Waals surface area contributed by atoms with Gasteiger partial charge in [-0.25, -0.2) is 0 Å². The molecule has 6 aromatic rings. The number of nitrogens with zero attached hydrogens (tertiary/aromatic N) is 2. The number of pyridine rings is 1. The van der Waals surface area contributed by atoms with Gasteiger partial charge in [0, 0.05) is 22.9 Å². The molecule has 6 rings (SSSR count). The largest absolute Gasteiger partial charge is 0.308 e. The Morgan fingerprint density at radius 3 is 1.97 bits per heavy atom. The second-order valence-electron chi connectivity index (χ2n) is 7.79. The maximum atomic E-state index is 2.43. The van der Waals surface area contributed by atoms with Crippen LogP contribution in [0.2, 0.25) is 0 Å². The Bertz CT molecular complexity index is 1520. The van der Waals surface area contributed by atoms with Crippen LogP contribution in [0.4, 0.5) is 0 Å². The molecule has 0 amide bonds. The van der Waals surface area contributed by atoms with E-state index >= 15 is 0 Å². The third-order valence-electron chi connectivity index (χ3n) is 6.09. The quantitative estimate of drug-likeness (QED) is 0.280. The molecule has 3 aromatic heterocycles. The highest BCUT2D eigenvalue weighted by atomic mass is 32.1. The van der Waals surface area contributed by atoms with Gasteiger partial charge in [-0.1, -0.05) is 48.5 Å². The molecule has 0 radical (unpaired) electrons. The van der Waals surface area contributed by atoms with Crippen LogP contribution in [0.1, 0.15) is 5.56 Å². The zero-order valence-corrected chi connectivity index (χ0v) is 17.8. The maximum Gasteiger partial charge on any atom is 0.225 e. The third kappa shape index (κ3) is 2.39. The number of hydrogen-bond donors (Lipinski definition) is 0. The summed E-state index contributed by atoms with van der Waals surface area (Å²) in [6, 6.07) is 30.7. The summed E-state index contributed by atoms with van der Waals surface area (Å²) in [5, 5.41) is 6.02. The highest BCUT2D eigenvalue weighted by Gasteiger charge is 2.22. The molecule has 3 aromatic carbocycles. The standard InChI is InChI=1S/C27H21N2S/c1-18-15-16-30-27(18)26-17-25(21-11-5-6-12-22(21)28(26)2)29-23-13-7-3-9-19(23)20-10-4-8-14-24(20)29/h3-17H,1-2H3/q+1. The average molecular weight is 406 g/mol. The molecule has 0 saturated heterocycles. The Hall–Kier alpha value is -3.43. The summed E-state index contributed by atoms with van der Waals surface area (Å²) in [7, 11) is 2.17. The summed E-state index contributed by atoms with van der Waals surface area (Å²) in [5.41, 5.74) is 7.51. The summed E-state index contributed by atoms with van der Waals surface area (Å²) in [6.45, 7) is 2.20. The maximum absolute atomic E-state index is 2.43. The molecular weight excluding hydrogens is 384 g/mol. The fourth-order valence-electron chi connectivity index (χ4n) is 4.64. The Balaban J connectivity index is 1.82. The summed E-state index contributed by atoms with van der Waals surface area (Å²) in [6.07, 6.45) is 0. The molecule has 0 atom stereocenters. The molecule has 2 nitrogen and oxygen atoms in total. The van der Waals surface area contributed by atoms with Crippen LogP contribution in [0.5, 0.6) is 0 Å². The van der Waals surface area contributed by atoms with Gasteiger partial charge < -0.3 is 4.57 Å². The van der Waals surface area contributed by atoms with Gasteiger partial charge in [0.05, 0.1) is 22.1 Å². The summed E-state index contributed by atoms with van der Waals surface area (Å²) >= 11 is 1.81. The van der Waals surface area contributed by atoms with E-state index < -0.39 is 0 Å². The second kappa shape index (κ2) is 6.54. The van der Waals surface area contributed by atoms with E-state index in [0.717, 1.165) is 0 Å². The number of aryl methyl sites for hydroxylation is 2. The van der Waals surface area contributed by atoms with Gasteiger partial charge in [-0.2, -0.15) is 4.57 Å². The van der Waals surface area contributed by atoms with Gasteiger partial charge in [0.1, 0.15) is 11.9 Å². The first kappa shape index (κ1) is 17.4. The number of fused-ring (bicyclic) bond motifs is 4. The van der Waals surface area contributed by atoms with Crippen molar-refractivity contribution in [1.82, 2.24) is 4.57 Å². The lowest BCUT2D eigenvalue weighted by Gasteiger charge is -2.13. The van der Waals surface area contributed by atoms with Crippen molar-refractivity contribution in [2.75, 3.05) is 0 Å². The second-order valence-corrected chi connectivity index (χ2v) is 8.71. The zero-order chi connectivity index (χ0) is 20.2. The van der Waals surface area contributed by atoms with Crippen LogP contribution in [0.3, 0.4) is 0 Å². The fraction of sp³-hybridized carbons (Fsp3) is 0.0741. The zero-order valence-electron chi connectivity index (χ0n) is 17.0. The molecule has 144 valence electrons. The van der Waals surface area contributed by atoms with Crippen molar-refractivity contribution in [2.45, 2.75) is 6.92 Å². The van der Waals surface area contributed by atoms with Crippen molar-refractivity contribution in [2.24, 2.45) is 7.05 Å². The minimum atomic E-state index is 1.23. The third-order valence-corrected chi connectivity index (χ3v) is 7.13. The van der Waals surface area contributed by atoms with Crippen molar-refractivity contribution in [3.05, 3.63) is 95.9 Å². The first-order chi connectivity index (χ1) is 14.7. The van der Waals surface area contributed by atoms with E-state index in [0.29, 0.717) is 0 Å². The number of para-hydroxylation sites is 3. The topological polar surface area (TPSA) is 8.81 Å². The molecule has 0 spiro atoms. The normalized spacial score (nSPS) is 11.7. The van der Waals surface area contributed by atoms with Crippen LogP contribution in [0.25, 0.3) is 49.0 Å². The van der Waals surface area contributed by atoms with E-state index in [-0.39, 0.29) is 0 Å². The molecule has 30 heavy (non-hydrogen) atoms. The van der Waals surface area contributed by atoms with Crippen LogP contribution in [0, 0.1) is 6.92 Å². The monoisotopic (exact) mass is 405 g/mol. The van der Waals surface area contributed by atoms with Crippen molar-refractivity contribution in [1.29, 1.82) is 0 Å². The number of aromatic nitrogens is 2. The Kier molecular flexibility index (Phi) is 3.80. The molecule has 0 fully saturated rings. The molecule has 0 unspecified atom stereocenters. The highest BCUT2D eigenvalue weighted by Crippen LogP contribution is 2.36. The SMILES string of the molecule is Cc1ccsc1-c1cc(-n2c3ccccc3c3ccccc32)c2ccccc2[n+]1C. The van der Waals surface area contributed by atoms with E-state index in [1.807, 2.05) is 11.3 Å². The van der Waals surface area contributed by atoms with Crippen molar-refractivity contribution >= 4 is 44.0 Å². The van der Waals surface area contributed by atoms with Crippen molar-refractivity contribution in [3.63, 3.8) is 0 Å². The number of hydrogen-bond acceptors (Lipinski definition) is 1. The Morgan fingerprint density at radius 1 is 0.733 bits per heavy atom. The van der Waals surface area contributed by atoms with Crippen molar-refractivity contribution < 1.29 is 4.57 Å². The van der Waals surface area contributed by atoms with Crippen molar-refractivity contribution in [3.8, 4) is 16.3 Å². The van der Waals surface area contributed by atoms with E-state index in [2.05, 4.69) is 113 Å². The summed E-state index contributed by atoms with van der Waals surface area (Å²) in [5.74, 6) is 0. The van der Waals surface area contributed by atoms with Gasteiger partial charge in [0.2, 0.25) is 11.2 Å². The smallest absolute Gasteiger partial charge is 0.225 e. The van der Waals surface area contributed by atoms with Gasteiger partial charge in [0.15, 0.2) is 0 Å². The molecule has 0 aliphatic heterocycles. The van der Waals surface area contributed by atoms with Gasteiger partial charge in [-0.15, -0.1) is 11.3 Å². The van der Waals surface area contributed by atoms with Crippen LogP contribution >= 0.6 is 11.3 Å². The van der Waals surface area contributed by atoms with Gasteiger partial charge in [-0.05, 0) is 42.1 Å². The minimum Gasteiger partial charge on any atom is -0.308 e. The first-order valence-electron chi connectivity index (χ1n) is 10.2. The fourth-order valence-corrected chi connectivity index (χ4v) is 5.62. The molecule has 3 heteroatoms. The molecule has 3 heterocycles. The minimum absolute atomic E-state index is 1.23. The van der Waals surface area contributed by atoms with Crippen LogP contribution in [-0.2, 0) is 7.05 Å². The number of thiophene rings is 1. The molecule has 0 aliphatic rings. The van der Waals surface area contributed by atoms with E-state index in [4.69, 9.17) is 0 Å². The van der Waals surface area contributed by atoms with Gasteiger partial charge >= 0.3 is 0 Å². The highest BCUT2D eigenvalue weighted by molar-refractivity contribution is 7.13. The van der Waals surface area contributed by atoms with Crippen LogP contribution in [0.15, 0.2) is 90.3 Å². The lowest BCUT2D eigenvalue weighted by Crippen LogP contribution is -2.32. The first-order valence-corrected chi connectivity index (χ1v) is 11.1. The average Bonchev–Trinajstić information content (AvgIpc) is 3.36. The Morgan fingerprint density at radius 2 is 1.33 bits per heavy atom. The van der Waals surface area contributed by atoms with Crippen LogP contribution in [-0.4, -0.2) is 4.57 Å². The number of rotatable bonds is 2. The molecule has 0 bridgehead atoms. The number of benzene rings is 3. The van der Waals surface area contributed by atoms with Gasteiger partial charge in [0.25, 0.3) is 0 Å². The van der Waals surface area contributed by atoms with E-state index in [1.165, 1.54) is 54.5 Å². The predicted octanol–water partition coefficient (Wildman–Crippen LogP) is 6.80. The van der Waals surface area contributed by atoms with Gasteiger partial charge in [-0.3, -0.25) is 0 Å². The van der Waals surface area contributed by atoms with Crippen LogP contribution < -0.4 is 4.57 Å². The molecule has 0 saturated carbocycles. The molecule has 0 N–H and O–H groups in total. The molecule has 0 aliphatic carbocycles. The molecular formula is C27H21N2S+. The lowest BCUT2D eigenvalue weighted by molar-refractivity contribution is -0.633. The van der Waals surface area contributed by atoms with E-state index in [9.17, 15) is 0 Å². The summed E-state index contributed by atoms with van der Waals surface area (Å²) < 4.78 is 4.75. The summed E-state index contributed by atoms with van der Waals surface area (Å²) in [4.78, 5) is 1.32. The lowest BCUT2D eigenvalue weighted by atomic mass is 10.1. The predicted molar refractivity (Wildman–Crippen MR) is 128 cm³/mol.